The molecule has 0 amide bonds. The first kappa shape index (κ1) is 13.5. The van der Waals surface area contributed by atoms with Gasteiger partial charge in [-0.3, -0.25) is 0 Å². The maximum atomic E-state index is 11.4. The molecule has 1 aromatic heterocycles. The second-order valence-electron chi connectivity index (χ2n) is 4.03. The third-order valence-corrected chi connectivity index (χ3v) is 3.79. The van der Waals surface area contributed by atoms with Gasteiger partial charge in [0.2, 0.25) is 0 Å². The number of aromatic nitrogens is 1. The fourth-order valence-electron chi connectivity index (χ4n) is 1.66. The van der Waals surface area contributed by atoms with Crippen LogP contribution in [0, 0.1) is 0 Å². The first-order valence-electron chi connectivity index (χ1n) is 6.08. The zero-order valence-electron chi connectivity index (χ0n) is 11.0. The van der Waals surface area contributed by atoms with E-state index in [1.807, 2.05) is 24.4 Å². The molecule has 0 spiro atoms. The van der Waals surface area contributed by atoms with Crippen molar-refractivity contribution >= 4 is 22.4 Å². The molecule has 0 aliphatic rings. The number of hydrogen-bond acceptors (Lipinski definition) is 5. The molecular weight excluding hydrogens is 260 g/mol. The Kier molecular flexibility index (Phi) is 4.52. The Morgan fingerprint density at radius 2 is 2.32 bits per heavy atom. The van der Waals surface area contributed by atoms with Crippen molar-refractivity contribution in [1.29, 1.82) is 0 Å². The van der Waals surface area contributed by atoms with E-state index in [4.69, 9.17) is 4.74 Å². The maximum Gasteiger partial charge on any atom is 0.337 e. The predicted octanol–water partition coefficient (Wildman–Crippen LogP) is 3.10. The van der Waals surface area contributed by atoms with E-state index in [1.54, 1.807) is 17.4 Å². The van der Waals surface area contributed by atoms with Crippen LogP contribution in [0.25, 0.3) is 0 Å². The quantitative estimate of drug-likeness (QED) is 0.853. The van der Waals surface area contributed by atoms with Crippen molar-refractivity contribution in [3.63, 3.8) is 0 Å². The third kappa shape index (κ3) is 3.54. The number of esters is 1. The first-order chi connectivity index (χ1) is 9.22. The number of rotatable bonds is 5. The molecule has 0 aliphatic carbocycles. The van der Waals surface area contributed by atoms with Crippen LogP contribution in [-0.4, -0.2) is 18.1 Å². The zero-order valence-corrected chi connectivity index (χ0v) is 11.8. The Hall–Kier alpha value is -1.88. The molecule has 0 fully saturated rings. The highest BCUT2D eigenvalue weighted by atomic mass is 32.1. The molecule has 0 unspecified atom stereocenters. The Bertz CT molecular complexity index is 566. The molecule has 1 aromatic carbocycles. The van der Waals surface area contributed by atoms with E-state index >= 15 is 0 Å². The van der Waals surface area contributed by atoms with E-state index in [9.17, 15) is 4.79 Å². The van der Waals surface area contributed by atoms with Gasteiger partial charge in [-0.1, -0.05) is 19.1 Å². The van der Waals surface area contributed by atoms with Crippen molar-refractivity contribution in [2.24, 2.45) is 0 Å². The van der Waals surface area contributed by atoms with E-state index in [0.717, 1.165) is 17.1 Å². The molecule has 0 bridgehead atoms. The van der Waals surface area contributed by atoms with Gasteiger partial charge >= 0.3 is 5.97 Å². The van der Waals surface area contributed by atoms with Crippen LogP contribution >= 0.6 is 11.3 Å². The molecule has 0 radical (unpaired) electrons. The van der Waals surface area contributed by atoms with Crippen LogP contribution in [0.15, 0.2) is 30.5 Å². The van der Waals surface area contributed by atoms with Crippen LogP contribution in [0.2, 0.25) is 0 Å². The van der Waals surface area contributed by atoms with Gasteiger partial charge in [-0.05, 0) is 24.1 Å². The number of aryl methyl sites for hydroxylation is 1. The highest BCUT2D eigenvalue weighted by molar-refractivity contribution is 7.15. The average Bonchev–Trinajstić information content (AvgIpc) is 2.92. The van der Waals surface area contributed by atoms with Gasteiger partial charge in [0.25, 0.3) is 0 Å². The normalized spacial score (nSPS) is 10.2. The van der Waals surface area contributed by atoms with Gasteiger partial charge in [0.15, 0.2) is 5.13 Å². The van der Waals surface area contributed by atoms with Crippen LogP contribution < -0.4 is 5.32 Å². The first-order valence-corrected chi connectivity index (χ1v) is 6.90. The molecule has 1 N–H and O–H groups in total. The molecule has 5 heteroatoms. The van der Waals surface area contributed by atoms with Crippen molar-refractivity contribution in [3.8, 4) is 0 Å². The molecule has 2 aromatic rings. The number of ether oxygens (including phenoxy) is 1. The molecule has 0 atom stereocenters. The van der Waals surface area contributed by atoms with Gasteiger partial charge in [0, 0.05) is 17.6 Å². The summed E-state index contributed by atoms with van der Waals surface area (Å²) >= 11 is 1.65. The summed E-state index contributed by atoms with van der Waals surface area (Å²) in [6, 6.07) is 7.39. The van der Waals surface area contributed by atoms with Crippen molar-refractivity contribution in [3.05, 3.63) is 46.5 Å². The lowest BCUT2D eigenvalue weighted by Gasteiger charge is -2.05. The highest BCUT2D eigenvalue weighted by Crippen LogP contribution is 2.19. The fourth-order valence-corrected chi connectivity index (χ4v) is 2.40. The number of nitrogens with one attached hydrogen (secondary N) is 1. The number of anilines is 1. The lowest BCUT2D eigenvalue weighted by molar-refractivity contribution is 0.0600. The Morgan fingerprint density at radius 3 is 3.00 bits per heavy atom. The van der Waals surface area contributed by atoms with Crippen LogP contribution in [0.1, 0.15) is 27.7 Å². The van der Waals surface area contributed by atoms with Crippen molar-refractivity contribution in [2.45, 2.75) is 19.9 Å². The number of benzene rings is 1. The fraction of sp³-hybridized carbons (Fsp3) is 0.286. The molecule has 1 heterocycles. The number of thiazole rings is 1. The lowest BCUT2D eigenvalue weighted by atomic mass is 10.1. The van der Waals surface area contributed by atoms with E-state index in [-0.39, 0.29) is 5.97 Å². The minimum atomic E-state index is -0.315. The van der Waals surface area contributed by atoms with Gasteiger partial charge in [0.1, 0.15) is 0 Å². The molecule has 19 heavy (non-hydrogen) atoms. The largest absolute Gasteiger partial charge is 0.465 e. The monoisotopic (exact) mass is 276 g/mol. The van der Waals surface area contributed by atoms with Crippen LogP contribution in [0.3, 0.4) is 0 Å². The van der Waals surface area contributed by atoms with E-state index < -0.39 is 0 Å². The minimum absolute atomic E-state index is 0.315. The molecule has 0 aliphatic heterocycles. The van der Waals surface area contributed by atoms with E-state index in [2.05, 4.69) is 17.2 Å². The summed E-state index contributed by atoms with van der Waals surface area (Å²) in [7, 11) is 1.38. The van der Waals surface area contributed by atoms with Crippen LogP contribution in [-0.2, 0) is 17.7 Å². The van der Waals surface area contributed by atoms with Crippen LogP contribution in [0.5, 0.6) is 0 Å². The van der Waals surface area contributed by atoms with Crippen molar-refractivity contribution in [2.75, 3.05) is 12.4 Å². The SMILES string of the molecule is CCc1cnc(NCc2cccc(C(=O)OC)c2)s1. The molecule has 100 valence electrons. The minimum Gasteiger partial charge on any atom is -0.465 e. The molecule has 2 rings (SSSR count). The van der Waals surface area contributed by atoms with Crippen molar-refractivity contribution in [1.82, 2.24) is 4.98 Å². The molecule has 0 saturated carbocycles. The summed E-state index contributed by atoms with van der Waals surface area (Å²) < 4.78 is 4.70. The summed E-state index contributed by atoms with van der Waals surface area (Å²) in [5.74, 6) is -0.315. The Balaban J connectivity index is 2.01. The van der Waals surface area contributed by atoms with E-state index in [1.165, 1.54) is 12.0 Å². The second kappa shape index (κ2) is 6.33. The van der Waals surface area contributed by atoms with Crippen molar-refractivity contribution < 1.29 is 9.53 Å². The van der Waals surface area contributed by atoms with E-state index in [0.29, 0.717) is 12.1 Å². The maximum absolute atomic E-state index is 11.4. The number of carbonyl (C=O) groups excluding carboxylic acids is 1. The number of methoxy groups -OCH3 is 1. The molecule has 0 saturated heterocycles. The third-order valence-electron chi connectivity index (χ3n) is 2.69. The van der Waals surface area contributed by atoms with Gasteiger partial charge in [0.05, 0.1) is 12.7 Å². The zero-order chi connectivity index (χ0) is 13.7. The summed E-state index contributed by atoms with van der Waals surface area (Å²) in [6.45, 7) is 2.75. The smallest absolute Gasteiger partial charge is 0.337 e. The summed E-state index contributed by atoms with van der Waals surface area (Å²) in [6.07, 6.45) is 2.88. The summed E-state index contributed by atoms with van der Waals surface area (Å²) in [4.78, 5) is 17.0. The predicted molar refractivity (Wildman–Crippen MR) is 76.6 cm³/mol. The number of nitrogens with zero attached hydrogens (tertiary/aromatic N) is 1. The van der Waals surface area contributed by atoms with Gasteiger partial charge in [-0.15, -0.1) is 11.3 Å². The standard InChI is InChI=1S/C14H16N2O2S/c1-3-12-9-16-14(19-12)15-8-10-5-4-6-11(7-10)13(17)18-2/h4-7,9H,3,8H2,1-2H3,(H,15,16). The molecule has 4 nitrogen and oxygen atoms in total. The summed E-state index contributed by atoms with van der Waals surface area (Å²) in [5.41, 5.74) is 1.59. The van der Waals surface area contributed by atoms with Crippen LogP contribution in [0.4, 0.5) is 5.13 Å². The number of hydrogen-bond donors (Lipinski definition) is 1. The molecular formula is C14H16N2O2S. The highest BCUT2D eigenvalue weighted by Gasteiger charge is 2.06. The average molecular weight is 276 g/mol. The van der Waals surface area contributed by atoms with Gasteiger partial charge < -0.3 is 10.1 Å². The summed E-state index contributed by atoms with van der Waals surface area (Å²) in [5, 5.41) is 4.16. The topological polar surface area (TPSA) is 51.2 Å². The Morgan fingerprint density at radius 1 is 1.47 bits per heavy atom. The second-order valence-corrected chi connectivity index (χ2v) is 5.15. The van der Waals surface area contributed by atoms with Gasteiger partial charge in [-0.2, -0.15) is 0 Å². The Labute approximate surface area is 116 Å². The number of carbonyl (C=O) groups is 1. The van der Waals surface area contributed by atoms with Gasteiger partial charge in [-0.25, -0.2) is 9.78 Å². The lowest BCUT2D eigenvalue weighted by Crippen LogP contribution is -2.04.